The summed E-state index contributed by atoms with van der Waals surface area (Å²) in [6.45, 7) is 0.348. The Bertz CT molecular complexity index is 1190. The van der Waals surface area contributed by atoms with Crippen molar-refractivity contribution in [2.75, 3.05) is 13.7 Å². The van der Waals surface area contributed by atoms with Gasteiger partial charge in [-0.25, -0.2) is 0 Å². The molecule has 3 aromatic carbocycles. The predicted octanol–water partition coefficient (Wildman–Crippen LogP) is 5.12. The molecule has 4 rings (SSSR count). The van der Waals surface area contributed by atoms with Crippen molar-refractivity contribution in [1.29, 1.82) is 0 Å². The zero-order valence-corrected chi connectivity index (χ0v) is 19.1. The molecule has 162 valence electrons. The fraction of sp³-hybridized carbons (Fsp3) is 0.154. The van der Waals surface area contributed by atoms with Gasteiger partial charge in [0, 0.05) is 16.6 Å². The van der Waals surface area contributed by atoms with Crippen LogP contribution >= 0.6 is 15.9 Å². The van der Waals surface area contributed by atoms with Crippen molar-refractivity contribution >= 4 is 33.4 Å². The Morgan fingerprint density at radius 2 is 1.75 bits per heavy atom. The number of hydrogen-bond donors (Lipinski definition) is 1. The van der Waals surface area contributed by atoms with Gasteiger partial charge in [0.15, 0.2) is 0 Å². The van der Waals surface area contributed by atoms with Crippen LogP contribution in [0, 0.1) is 0 Å². The topological polar surface area (TPSA) is 66.8 Å². The van der Waals surface area contributed by atoms with Crippen LogP contribution in [0.5, 0.6) is 5.75 Å². The number of rotatable bonds is 6. The summed E-state index contributed by atoms with van der Waals surface area (Å²) in [6, 6.07) is 23.4. The number of likely N-dealkylation sites (tertiary alicyclic amines) is 1. The quantitative estimate of drug-likeness (QED) is 0.295. The summed E-state index contributed by atoms with van der Waals surface area (Å²) in [7, 11) is 1.53. The number of nitrogens with zero attached hydrogens (tertiary/aromatic N) is 1. The molecule has 5 nitrogen and oxygen atoms in total. The van der Waals surface area contributed by atoms with E-state index in [1.54, 1.807) is 29.2 Å². The Labute approximate surface area is 195 Å². The molecule has 1 saturated heterocycles. The number of halogens is 1. The van der Waals surface area contributed by atoms with Crippen molar-refractivity contribution in [3.05, 3.63) is 106 Å². The Morgan fingerprint density at radius 1 is 1.00 bits per heavy atom. The Kier molecular flexibility index (Phi) is 6.42. The van der Waals surface area contributed by atoms with Crippen LogP contribution < -0.4 is 4.74 Å². The lowest BCUT2D eigenvalue weighted by Crippen LogP contribution is -2.31. The van der Waals surface area contributed by atoms with E-state index < -0.39 is 17.7 Å². The maximum Gasteiger partial charge on any atom is 0.295 e. The number of ketones is 1. The van der Waals surface area contributed by atoms with Gasteiger partial charge in [0.25, 0.3) is 11.7 Å². The molecular formula is C26H22BrNO4. The molecule has 1 aliphatic rings. The second-order valence-electron chi connectivity index (χ2n) is 7.52. The van der Waals surface area contributed by atoms with E-state index in [4.69, 9.17) is 4.74 Å². The molecule has 32 heavy (non-hydrogen) atoms. The summed E-state index contributed by atoms with van der Waals surface area (Å²) in [4.78, 5) is 27.7. The van der Waals surface area contributed by atoms with Crippen LogP contribution in [-0.4, -0.2) is 35.4 Å². The van der Waals surface area contributed by atoms with Gasteiger partial charge in [0.1, 0.15) is 11.5 Å². The molecule has 1 amide bonds. The minimum absolute atomic E-state index is 0.0782. The van der Waals surface area contributed by atoms with E-state index >= 15 is 0 Å². The van der Waals surface area contributed by atoms with Crippen molar-refractivity contribution < 1.29 is 19.4 Å². The van der Waals surface area contributed by atoms with E-state index in [9.17, 15) is 14.7 Å². The highest BCUT2D eigenvalue weighted by atomic mass is 79.9. The first-order chi connectivity index (χ1) is 15.5. The van der Waals surface area contributed by atoms with Crippen molar-refractivity contribution in [3.63, 3.8) is 0 Å². The molecule has 1 unspecified atom stereocenters. The molecule has 1 aliphatic heterocycles. The summed E-state index contributed by atoms with van der Waals surface area (Å²) in [5.41, 5.74) is 2.31. The Hall–Kier alpha value is -3.38. The van der Waals surface area contributed by atoms with Crippen LogP contribution in [0.3, 0.4) is 0 Å². The normalized spacial score (nSPS) is 17.6. The molecule has 0 saturated carbocycles. The summed E-state index contributed by atoms with van der Waals surface area (Å²) in [5, 5.41) is 11.1. The molecule has 1 atom stereocenters. The van der Waals surface area contributed by atoms with Crippen molar-refractivity contribution in [3.8, 4) is 5.75 Å². The minimum Gasteiger partial charge on any atom is -0.507 e. The fourth-order valence-electron chi connectivity index (χ4n) is 3.95. The lowest BCUT2D eigenvalue weighted by molar-refractivity contribution is -0.139. The van der Waals surface area contributed by atoms with Gasteiger partial charge in [-0.3, -0.25) is 9.59 Å². The van der Waals surface area contributed by atoms with Crippen LogP contribution in [0.2, 0.25) is 0 Å². The zero-order valence-electron chi connectivity index (χ0n) is 17.5. The van der Waals surface area contributed by atoms with E-state index in [-0.39, 0.29) is 11.3 Å². The number of methoxy groups -OCH3 is 1. The summed E-state index contributed by atoms with van der Waals surface area (Å²) in [5.74, 6) is -0.973. The van der Waals surface area contributed by atoms with E-state index in [0.29, 0.717) is 24.3 Å². The SMILES string of the molecule is COc1cccc(C(O)=C2C(=O)C(=O)N(CCc3ccccc3)C2c2cccc(Br)c2)c1. The highest BCUT2D eigenvalue weighted by Crippen LogP contribution is 2.40. The zero-order chi connectivity index (χ0) is 22.7. The number of aliphatic hydroxyl groups is 1. The van der Waals surface area contributed by atoms with Crippen LogP contribution in [-0.2, 0) is 16.0 Å². The Morgan fingerprint density at radius 3 is 2.47 bits per heavy atom. The number of ether oxygens (including phenoxy) is 1. The van der Waals surface area contributed by atoms with Gasteiger partial charge in [-0.15, -0.1) is 0 Å². The second-order valence-corrected chi connectivity index (χ2v) is 8.43. The largest absolute Gasteiger partial charge is 0.507 e. The van der Waals surface area contributed by atoms with Gasteiger partial charge in [0.05, 0.1) is 18.7 Å². The van der Waals surface area contributed by atoms with Crippen LogP contribution in [0.1, 0.15) is 22.7 Å². The number of benzene rings is 3. The molecule has 6 heteroatoms. The van der Waals surface area contributed by atoms with Crippen molar-refractivity contribution in [1.82, 2.24) is 4.90 Å². The lowest BCUT2D eigenvalue weighted by Gasteiger charge is -2.25. The number of Topliss-reactive ketones (excluding diaryl/α,β-unsaturated/α-hetero) is 1. The molecule has 1 heterocycles. The summed E-state index contributed by atoms with van der Waals surface area (Å²) < 4.78 is 6.07. The molecular weight excluding hydrogens is 470 g/mol. The molecule has 0 aromatic heterocycles. The minimum atomic E-state index is -0.692. The number of hydrogen-bond acceptors (Lipinski definition) is 4. The van der Waals surface area contributed by atoms with Gasteiger partial charge in [-0.05, 0) is 41.8 Å². The standard InChI is InChI=1S/C26H22BrNO4/c1-32-21-12-6-10-19(16-21)24(29)22-23(18-9-5-11-20(27)15-18)28(26(31)25(22)30)14-13-17-7-3-2-4-8-17/h2-12,15-16,23,29H,13-14H2,1H3. The van der Waals surface area contributed by atoms with Gasteiger partial charge in [-0.1, -0.05) is 70.5 Å². The van der Waals surface area contributed by atoms with Gasteiger partial charge in [-0.2, -0.15) is 0 Å². The first-order valence-corrected chi connectivity index (χ1v) is 11.0. The van der Waals surface area contributed by atoms with Crippen LogP contribution in [0.4, 0.5) is 0 Å². The number of amides is 1. The van der Waals surface area contributed by atoms with Gasteiger partial charge >= 0.3 is 0 Å². The predicted molar refractivity (Wildman–Crippen MR) is 126 cm³/mol. The maximum atomic E-state index is 13.1. The third kappa shape index (κ3) is 4.32. The summed E-state index contributed by atoms with van der Waals surface area (Å²) in [6.07, 6.45) is 0.595. The van der Waals surface area contributed by atoms with E-state index in [1.165, 1.54) is 7.11 Å². The summed E-state index contributed by atoms with van der Waals surface area (Å²) >= 11 is 3.47. The molecule has 3 aromatic rings. The molecule has 0 spiro atoms. The van der Waals surface area contributed by atoms with E-state index in [0.717, 1.165) is 15.6 Å². The third-order valence-electron chi connectivity index (χ3n) is 5.53. The van der Waals surface area contributed by atoms with Crippen molar-refractivity contribution in [2.24, 2.45) is 0 Å². The highest BCUT2D eigenvalue weighted by Gasteiger charge is 2.45. The third-order valence-corrected chi connectivity index (χ3v) is 6.03. The second kappa shape index (κ2) is 9.40. The molecule has 0 bridgehead atoms. The molecule has 1 fully saturated rings. The average molecular weight is 492 g/mol. The fourth-order valence-corrected chi connectivity index (χ4v) is 4.37. The smallest absolute Gasteiger partial charge is 0.295 e. The molecule has 0 radical (unpaired) electrons. The van der Waals surface area contributed by atoms with Crippen LogP contribution in [0.25, 0.3) is 5.76 Å². The lowest BCUT2D eigenvalue weighted by atomic mass is 9.95. The van der Waals surface area contributed by atoms with Crippen molar-refractivity contribution in [2.45, 2.75) is 12.5 Å². The van der Waals surface area contributed by atoms with E-state index in [2.05, 4.69) is 15.9 Å². The number of aliphatic hydroxyl groups excluding tert-OH is 1. The first kappa shape index (κ1) is 21.8. The monoisotopic (exact) mass is 491 g/mol. The Balaban J connectivity index is 1.80. The van der Waals surface area contributed by atoms with E-state index in [1.807, 2.05) is 54.6 Å². The maximum absolute atomic E-state index is 13.1. The molecule has 0 aliphatic carbocycles. The average Bonchev–Trinajstić information content (AvgIpc) is 3.08. The van der Waals surface area contributed by atoms with Gasteiger partial charge < -0.3 is 14.7 Å². The molecule has 1 N–H and O–H groups in total. The van der Waals surface area contributed by atoms with Gasteiger partial charge in [0.2, 0.25) is 0 Å². The number of carbonyl (C=O) groups is 2. The number of carbonyl (C=O) groups excluding carboxylic acids is 2. The first-order valence-electron chi connectivity index (χ1n) is 10.2. The highest BCUT2D eigenvalue weighted by molar-refractivity contribution is 9.10. The van der Waals surface area contributed by atoms with Crippen LogP contribution in [0.15, 0.2) is 88.9 Å².